The van der Waals surface area contributed by atoms with Crippen LogP contribution in [0.1, 0.15) is 44.7 Å². The summed E-state index contributed by atoms with van der Waals surface area (Å²) in [6.07, 6.45) is -0.723. The van der Waals surface area contributed by atoms with Gasteiger partial charge in [0.25, 0.3) is 11.8 Å². The number of carbonyl (C=O) groups is 3. The van der Waals surface area contributed by atoms with Crippen LogP contribution >= 0.6 is 0 Å². The van der Waals surface area contributed by atoms with E-state index in [0.717, 1.165) is 28.2 Å². The van der Waals surface area contributed by atoms with Gasteiger partial charge in [0.15, 0.2) is 11.6 Å². The molecule has 1 heterocycles. The molecular formula is C28H25F2NO5. The van der Waals surface area contributed by atoms with E-state index >= 15 is 0 Å². The van der Waals surface area contributed by atoms with Gasteiger partial charge in [0, 0.05) is 6.54 Å². The third-order valence-corrected chi connectivity index (χ3v) is 6.51. The average Bonchev–Trinajstić information content (AvgIpc) is 3.08. The number of aliphatic carboxylic acids is 1. The lowest BCUT2D eigenvalue weighted by Crippen LogP contribution is -2.36. The topological polar surface area (TPSA) is 94.9 Å². The molecule has 4 rings (SSSR count). The van der Waals surface area contributed by atoms with Gasteiger partial charge in [-0.3, -0.25) is 19.3 Å². The zero-order chi connectivity index (χ0) is 26.0. The highest BCUT2D eigenvalue weighted by molar-refractivity contribution is 6.21. The Bertz CT molecular complexity index is 1320. The standard InChI is InChI=1S/C28H25F2NO5/c1-16-2-9-20-22(14-16)27(34)31(26(20)33)13-12-21(28(35)36)25(32)11-5-17-3-6-18(7-4-17)19-8-10-23(29)24(30)15-19/h2-4,6-10,14-15,21,25,32H,5,11-13H2,1H3,(H,35,36)/t21-,25-/m1/s1. The van der Waals surface area contributed by atoms with Crippen molar-refractivity contribution < 1.29 is 33.4 Å². The van der Waals surface area contributed by atoms with E-state index in [1.807, 2.05) is 6.92 Å². The summed E-state index contributed by atoms with van der Waals surface area (Å²) in [5.74, 6) is -5.14. The number of rotatable bonds is 9. The van der Waals surface area contributed by atoms with Crippen LogP contribution in [0.5, 0.6) is 0 Å². The molecule has 3 aromatic carbocycles. The number of carboxylic acids is 1. The van der Waals surface area contributed by atoms with E-state index in [1.54, 1.807) is 42.5 Å². The first-order valence-electron chi connectivity index (χ1n) is 11.6. The molecule has 0 saturated carbocycles. The van der Waals surface area contributed by atoms with Crippen LogP contribution in [0.15, 0.2) is 60.7 Å². The van der Waals surface area contributed by atoms with Gasteiger partial charge in [0.2, 0.25) is 0 Å². The summed E-state index contributed by atoms with van der Waals surface area (Å²) in [5, 5.41) is 20.3. The van der Waals surface area contributed by atoms with Crippen molar-refractivity contribution in [3.8, 4) is 11.1 Å². The third-order valence-electron chi connectivity index (χ3n) is 6.51. The maximum absolute atomic E-state index is 13.5. The molecule has 2 N–H and O–H groups in total. The van der Waals surface area contributed by atoms with Gasteiger partial charge in [-0.25, -0.2) is 8.78 Å². The number of imide groups is 1. The largest absolute Gasteiger partial charge is 0.481 e. The van der Waals surface area contributed by atoms with Crippen molar-refractivity contribution in [1.29, 1.82) is 0 Å². The Morgan fingerprint density at radius 1 is 0.861 bits per heavy atom. The second kappa shape index (κ2) is 10.4. The maximum atomic E-state index is 13.5. The Hall–Kier alpha value is -3.91. The molecule has 1 aliphatic heterocycles. The van der Waals surface area contributed by atoms with E-state index in [-0.39, 0.29) is 19.4 Å². The number of halogens is 2. The molecule has 0 aromatic heterocycles. The highest BCUT2D eigenvalue weighted by Crippen LogP contribution is 2.26. The Morgan fingerprint density at radius 3 is 2.19 bits per heavy atom. The number of amides is 2. The molecule has 1 aliphatic rings. The highest BCUT2D eigenvalue weighted by Gasteiger charge is 2.37. The van der Waals surface area contributed by atoms with Crippen LogP contribution in [0.4, 0.5) is 8.78 Å². The van der Waals surface area contributed by atoms with Crippen LogP contribution in [-0.2, 0) is 11.2 Å². The lowest BCUT2D eigenvalue weighted by molar-refractivity contribution is -0.146. The van der Waals surface area contributed by atoms with Crippen molar-refractivity contribution in [2.24, 2.45) is 5.92 Å². The van der Waals surface area contributed by atoms with E-state index in [2.05, 4.69) is 0 Å². The molecule has 0 fully saturated rings. The van der Waals surface area contributed by atoms with Crippen molar-refractivity contribution in [3.05, 3.63) is 94.6 Å². The minimum Gasteiger partial charge on any atom is -0.481 e. The predicted molar refractivity (Wildman–Crippen MR) is 128 cm³/mol. The van der Waals surface area contributed by atoms with E-state index in [4.69, 9.17) is 0 Å². The first-order valence-corrected chi connectivity index (χ1v) is 11.6. The molecule has 3 aromatic rings. The summed E-state index contributed by atoms with van der Waals surface area (Å²) in [7, 11) is 0. The Balaban J connectivity index is 1.35. The van der Waals surface area contributed by atoms with Crippen LogP contribution in [0, 0.1) is 24.5 Å². The second-order valence-electron chi connectivity index (χ2n) is 8.98. The zero-order valence-corrected chi connectivity index (χ0v) is 19.6. The smallest absolute Gasteiger partial charge is 0.309 e. The molecule has 8 heteroatoms. The number of carbonyl (C=O) groups excluding carboxylic acids is 2. The average molecular weight is 494 g/mol. The second-order valence-corrected chi connectivity index (χ2v) is 8.98. The lowest BCUT2D eigenvalue weighted by Gasteiger charge is -2.22. The monoisotopic (exact) mass is 493 g/mol. The fourth-order valence-corrected chi connectivity index (χ4v) is 4.41. The third kappa shape index (κ3) is 5.18. The molecule has 0 radical (unpaired) electrons. The van der Waals surface area contributed by atoms with Gasteiger partial charge < -0.3 is 10.2 Å². The molecule has 0 unspecified atom stereocenters. The minimum atomic E-state index is -1.20. The molecule has 2 amide bonds. The van der Waals surface area contributed by atoms with Crippen molar-refractivity contribution >= 4 is 17.8 Å². The van der Waals surface area contributed by atoms with Gasteiger partial charge in [-0.15, -0.1) is 0 Å². The first-order chi connectivity index (χ1) is 17.2. The molecule has 2 atom stereocenters. The fourth-order valence-electron chi connectivity index (χ4n) is 4.41. The number of hydrogen-bond donors (Lipinski definition) is 2. The summed E-state index contributed by atoms with van der Waals surface area (Å²) >= 11 is 0. The molecule has 36 heavy (non-hydrogen) atoms. The maximum Gasteiger partial charge on any atom is 0.309 e. The molecule has 186 valence electrons. The number of fused-ring (bicyclic) bond motifs is 1. The number of aliphatic hydroxyl groups excluding tert-OH is 1. The summed E-state index contributed by atoms with van der Waals surface area (Å²) in [5.41, 5.74) is 3.49. The molecule has 0 aliphatic carbocycles. The van der Waals surface area contributed by atoms with Crippen molar-refractivity contribution in [2.45, 2.75) is 32.3 Å². The normalized spacial score (nSPS) is 14.6. The van der Waals surface area contributed by atoms with Crippen molar-refractivity contribution in [1.82, 2.24) is 4.90 Å². The molecule has 0 spiro atoms. The summed E-state index contributed by atoms with van der Waals surface area (Å²) in [4.78, 5) is 38.1. The first kappa shape index (κ1) is 25.2. The van der Waals surface area contributed by atoms with Crippen LogP contribution in [0.25, 0.3) is 11.1 Å². The Labute approximate surface area is 206 Å². The minimum absolute atomic E-state index is 0.0734. The highest BCUT2D eigenvalue weighted by atomic mass is 19.2. The van der Waals surface area contributed by atoms with E-state index in [9.17, 15) is 33.4 Å². The zero-order valence-electron chi connectivity index (χ0n) is 19.6. The number of nitrogens with zero attached hydrogens (tertiary/aromatic N) is 1. The number of aryl methyl sites for hydroxylation is 2. The molecule has 6 nitrogen and oxygen atoms in total. The van der Waals surface area contributed by atoms with Gasteiger partial charge in [-0.05, 0) is 67.1 Å². The number of benzene rings is 3. The summed E-state index contributed by atoms with van der Waals surface area (Å²) < 4.78 is 26.7. The van der Waals surface area contributed by atoms with Gasteiger partial charge in [-0.2, -0.15) is 0 Å². The van der Waals surface area contributed by atoms with Gasteiger partial charge in [0.1, 0.15) is 0 Å². The Morgan fingerprint density at radius 2 is 1.53 bits per heavy atom. The van der Waals surface area contributed by atoms with Crippen LogP contribution in [0.2, 0.25) is 0 Å². The van der Waals surface area contributed by atoms with E-state index in [0.29, 0.717) is 28.7 Å². The van der Waals surface area contributed by atoms with E-state index in [1.165, 1.54) is 6.07 Å². The van der Waals surface area contributed by atoms with Gasteiger partial charge >= 0.3 is 5.97 Å². The Kier molecular flexibility index (Phi) is 7.26. The SMILES string of the molecule is Cc1ccc2c(c1)C(=O)N(CC[C@@H](C(=O)O)[C@H](O)CCc1ccc(-c3ccc(F)c(F)c3)cc1)C2=O. The lowest BCUT2D eigenvalue weighted by atomic mass is 9.93. The quantitative estimate of drug-likeness (QED) is 0.424. The number of carboxylic acid groups (broad SMARTS) is 1. The van der Waals surface area contributed by atoms with E-state index < -0.39 is 41.4 Å². The van der Waals surface area contributed by atoms with Gasteiger partial charge in [0.05, 0.1) is 23.1 Å². The number of hydrogen-bond acceptors (Lipinski definition) is 4. The number of aliphatic hydroxyl groups is 1. The van der Waals surface area contributed by atoms with Crippen LogP contribution in [-0.4, -0.2) is 45.5 Å². The van der Waals surface area contributed by atoms with Crippen molar-refractivity contribution in [3.63, 3.8) is 0 Å². The van der Waals surface area contributed by atoms with Crippen LogP contribution in [0.3, 0.4) is 0 Å². The molecule has 0 bridgehead atoms. The van der Waals surface area contributed by atoms with Gasteiger partial charge in [-0.1, -0.05) is 42.0 Å². The molecule has 0 saturated heterocycles. The molecular weight excluding hydrogens is 468 g/mol. The summed E-state index contributed by atoms with van der Waals surface area (Å²) in [6, 6.07) is 15.7. The van der Waals surface area contributed by atoms with Crippen molar-refractivity contribution in [2.75, 3.05) is 6.54 Å². The predicted octanol–water partition coefficient (Wildman–Crippen LogP) is 4.62. The fraction of sp³-hybridized carbons (Fsp3) is 0.250. The summed E-state index contributed by atoms with van der Waals surface area (Å²) in [6.45, 7) is 1.70. The van der Waals surface area contributed by atoms with Crippen LogP contribution < -0.4 is 0 Å².